The number of benzene rings is 1. The molecule has 0 amide bonds. The number of nitrogens with two attached hydrogens (primary N) is 1. The fraction of sp³-hybridized carbons (Fsp3) is 0.500. The van der Waals surface area contributed by atoms with Crippen LogP contribution in [0, 0.1) is 17.7 Å². The molecule has 2 rings (SSSR count). The van der Waals surface area contributed by atoms with Gasteiger partial charge in [-0.25, -0.2) is 4.39 Å². The van der Waals surface area contributed by atoms with Gasteiger partial charge in [0.2, 0.25) is 0 Å². The van der Waals surface area contributed by atoms with Gasteiger partial charge in [0.1, 0.15) is 5.82 Å². The molecule has 2 atom stereocenters. The molecule has 0 aromatic heterocycles. The first-order valence-corrected chi connectivity index (χ1v) is 6.09. The lowest BCUT2D eigenvalue weighted by atomic mass is 9.91. The molecular formula is C12H15BrFN. The first kappa shape index (κ1) is 11.1. The number of halogens is 2. The van der Waals surface area contributed by atoms with E-state index in [2.05, 4.69) is 22.9 Å². The summed E-state index contributed by atoms with van der Waals surface area (Å²) in [6, 6.07) is 4.78. The van der Waals surface area contributed by atoms with Crippen molar-refractivity contribution in [1.82, 2.24) is 0 Å². The van der Waals surface area contributed by atoms with Crippen molar-refractivity contribution in [1.29, 1.82) is 0 Å². The van der Waals surface area contributed by atoms with Gasteiger partial charge in [-0.1, -0.05) is 22.9 Å². The minimum Gasteiger partial charge on any atom is -0.324 e. The van der Waals surface area contributed by atoms with Crippen LogP contribution in [0.1, 0.15) is 31.4 Å². The number of rotatable bonds is 3. The lowest BCUT2D eigenvalue weighted by molar-refractivity contribution is 0.404. The van der Waals surface area contributed by atoms with E-state index in [4.69, 9.17) is 5.73 Å². The first-order valence-electron chi connectivity index (χ1n) is 5.30. The summed E-state index contributed by atoms with van der Waals surface area (Å²) >= 11 is 3.34. The molecule has 0 aliphatic heterocycles. The van der Waals surface area contributed by atoms with Crippen molar-refractivity contribution in [3.63, 3.8) is 0 Å². The molecule has 15 heavy (non-hydrogen) atoms. The van der Waals surface area contributed by atoms with Crippen molar-refractivity contribution >= 4 is 15.9 Å². The number of hydrogen-bond acceptors (Lipinski definition) is 1. The van der Waals surface area contributed by atoms with Crippen LogP contribution in [0.3, 0.4) is 0 Å². The SMILES string of the molecule is CC(C1CC1)C(N)c1cc(Br)ccc1F. The Bertz CT molecular complexity index is 363. The van der Waals surface area contributed by atoms with E-state index in [0.717, 1.165) is 4.47 Å². The first-order chi connectivity index (χ1) is 7.09. The van der Waals surface area contributed by atoms with Crippen LogP contribution in [0.15, 0.2) is 22.7 Å². The maximum Gasteiger partial charge on any atom is 0.128 e. The maximum absolute atomic E-state index is 13.6. The topological polar surface area (TPSA) is 26.0 Å². The highest BCUT2D eigenvalue weighted by Crippen LogP contribution is 2.42. The van der Waals surface area contributed by atoms with Crippen LogP contribution in [0.5, 0.6) is 0 Å². The second-order valence-corrected chi connectivity index (χ2v) is 5.30. The normalized spacial score (nSPS) is 20.0. The smallest absolute Gasteiger partial charge is 0.128 e. The Kier molecular flexibility index (Phi) is 3.12. The van der Waals surface area contributed by atoms with Crippen LogP contribution in [0.2, 0.25) is 0 Å². The Balaban J connectivity index is 2.23. The van der Waals surface area contributed by atoms with Crippen molar-refractivity contribution in [3.8, 4) is 0 Å². The predicted molar refractivity (Wildman–Crippen MR) is 62.9 cm³/mol. The molecular weight excluding hydrogens is 257 g/mol. The molecule has 82 valence electrons. The lowest BCUT2D eigenvalue weighted by Crippen LogP contribution is -2.21. The Labute approximate surface area is 98.0 Å². The minimum atomic E-state index is -0.196. The molecule has 1 aromatic rings. The van der Waals surface area contributed by atoms with Crippen LogP contribution in [0.4, 0.5) is 4.39 Å². The fourth-order valence-electron chi connectivity index (χ4n) is 1.97. The molecule has 0 heterocycles. The van der Waals surface area contributed by atoms with Crippen LogP contribution in [-0.2, 0) is 0 Å². The predicted octanol–water partition coefficient (Wildman–Crippen LogP) is 3.63. The zero-order valence-electron chi connectivity index (χ0n) is 8.71. The van der Waals surface area contributed by atoms with E-state index in [9.17, 15) is 4.39 Å². The van der Waals surface area contributed by atoms with Crippen molar-refractivity contribution in [2.45, 2.75) is 25.8 Å². The zero-order valence-corrected chi connectivity index (χ0v) is 10.3. The monoisotopic (exact) mass is 271 g/mol. The average Bonchev–Trinajstić information content (AvgIpc) is 3.03. The van der Waals surface area contributed by atoms with Gasteiger partial charge in [-0.15, -0.1) is 0 Å². The summed E-state index contributed by atoms with van der Waals surface area (Å²) in [4.78, 5) is 0. The Morgan fingerprint density at radius 1 is 1.47 bits per heavy atom. The maximum atomic E-state index is 13.6. The highest BCUT2D eigenvalue weighted by molar-refractivity contribution is 9.10. The van der Waals surface area contributed by atoms with Crippen LogP contribution in [-0.4, -0.2) is 0 Å². The Morgan fingerprint density at radius 2 is 2.13 bits per heavy atom. The van der Waals surface area contributed by atoms with E-state index in [-0.39, 0.29) is 11.9 Å². The molecule has 1 aliphatic rings. The summed E-state index contributed by atoms with van der Waals surface area (Å²) in [7, 11) is 0. The fourth-order valence-corrected chi connectivity index (χ4v) is 2.35. The minimum absolute atomic E-state index is 0.185. The van der Waals surface area contributed by atoms with Gasteiger partial charge in [-0.2, -0.15) is 0 Å². The summed E-state index contributed by atoms with van der Waals surface area (Å²) in [5.41, 5.74) is 6.72. The Morgan fingerprint density at radius 3 is 2.73 bits per heavy atom. The van der Waals surface area contributed by atoms with Gasteiger partial charge in [0.25, 0.3) is 0 Å². The van der Waals surface area contributed by atoms with Crippen molar-refractivity contribution in [3.05, 3.63) is 34.1 Å². The molecule has 1 saturated carbocycles. The van der Waals surface area contributed by atoms with Gasteiger partial charge in [-0.3, -0.25) is 0 Å². The van der Waals surface area contributed by atoms with Gasteiger partial charge in [-0.05, 0) is 42.9 Å². The molecule has 1 aromatic carbocycles. The van der Waals surface area contributed by atoms with Crippen molar-refractivity contribution in [2.75, 3.05) is 0 Å². The summed E-state index contributed by atoms with van der Waals surface area (Å²) in [5, 5.41) is 0. The van der Waals surface area contributed by atoms with E-state index in [1.54, 1.807) is 12.1 Å². The van der Waals surface area contributed by atoms with Crippen molar-refractivity contribution < 1.29 is 4.39 Å². The quantitative estimate of drug-likeness (QED) is 0.893. The summed E-state index contributed by atoms with van der Waals surface area (Å²) < 4.78 is 14.4. The molecule has 1 fully saturated rings. The molecule has 0 radical (unpaired) electrons. The number of hydrogen-bond donors (Lipinski definition) is 1. The summed E-state index contributed by atoms with van der Waals surface area (Å²) in [6.45, 7) is 2.11. The summed E-state index contributed by atoms with van der Waals surface area (Å²) in [5.74, 6) is 0.866. The molecule has 2 unspecified atom stereocenters. The van der Waals surface area contributed by atoms with Gasteiger partial charge < -0.3 is 5.73 Å². The molecule has 3 heteroatoms. The highest BCUT2D eigenvalue weighted by Gasteiger charge is 2.33. The van der Waals surface area contributed by atoms with Crippen LogP contribution < -0.4 is 5.73 Å². The largest absolute Gasteiger partial charge is 0.324 e. The average molecular weight is 272 g/mol. The molecule has 1 nitrogen and oxygen atoms in total. The van der Waals surface area contributed by atoms with Gasteiger partial charge in [0, 0.05) is 16.1 Å². The van der Waals surface area contributed by atoms with Crippen molar-refractivity contribution in [2.24, 2.45) is 17.6 Å². The van der Waals surface area contributed by atoms with E-state index in [1.807, 2.05) is 0 Å². The Hall–Kier alpha value is -0.410. The lowest BCUT2D eigenvalue weighted by Gasteiger charge is -2.20. The van der Waals surface area contributed by atoms with Gasteiger partial charge >= 0.3 is 0 Å². The van der Waals surface area contributed by atoms with Crippen LogP contribution >= 0.6 is 15.9 Å². The van der Waals surface area contributed by atoms with E-state index in [1.165, 1.54) is 18.9 Å². The zero-order chi connectivity index (χ0) is 11.0. The summed E-state index contributed by atoms with van der Waals surface area (Å²) in [6.07, 6.45) is 2.48. The third-order valence-corrected chi connectivity index (χ3v) is 3.74. The molecule has 0 saturated heterocycles. The standard InChI is InChI=1S/C12H15BrFN/c1-7(8-2-3-8)12(15)10-6-9(13)4-5-11(10)14/h4-8,12H,2-3,15H2,1H3. The molecule has 0 bridgehead atoms. The molecule has 0 spiro atoms. The van der Waals surface area contributed by atoms with Gasteiger partial charge in [0.05, 0.1) is 0 Å². The molecule has 1 aliphatic carbocycles. The second kappa shape index (κ2) is 4.22. The van der Waals surface area contributed by atoms with E-state index >= 15 is 0 Å². The van der Waals surface area contributed by atoms with E-state index < -0.39 is 0 Å². The molecule has 2 N–H and O–H groups in total. The third-order valence-electron chi connectivity index (χ3n) is 3.25. The van der Waals surface area contributed by atoms with E-state index in [0.29, 0.717) is 17.4 Å². The van der Waals surface area contributed by atoms with Crippen LogP contribution in [0.25, 0.3) is 0 Å². The second-order valence-electron chi connectivity index (χ2n) is 4.39. The highest BCUT2D eigenvalue weighted by atomic mass is 79.9. The third kappa shape index (κ3) is 2.40. The van der Waals surface area contributed by atoms with Gasteiger partial charge in [0.15, 0.2) is 0 Å².